The molecule has 0 spiro atoms. The van der Waals surface area contributed by atoms with E-state index in [9.17, 15) is 0 Å². The minimum absolute atomic E-state index is 0.0800. The van der Waals surface area contributed by atoms with Crippen LogP contribution in [0.25, 0.3) is 21.9 Å². The molecule has 0 radical (unpaired) electrons. The van der Waals surface area contributed by atoms with Crippen molar-refractivity contribution >= 4 is 56.1 Å². The van der Waals surface area contributed by atoms with Crippen LogP contribution in [0.3, 0.4) is 0 Å². The monoisotopic (exact) mass is 564 g/mol. The predicted octanol–water partition coefficient (Wildman–Crippen LogP) is 9.29. The van der Waals surface area contributed by atoms with Gasteiger partial charge < -0.3 is 24.0 Å². The lowest BCUT2D eigenvalue weighted by atomic mass is 10.0. The number of benzene rings is 5. The van der Waals surface area contributed by atoms with Crippen molar-refractivity contribution in [3.05, 3.63) is 120 Å². The van der Waals surface area contributed by atoms with Gasteiger partial charge in [0, 0.05) is 37.0 Å². The molecule has 43 heavy (non-hydrogen) atoms. The molecule has 1 unspecified atom stereocenters. The minimum Gasteiger partial charge on any atom is -0.454 e. The Labute approximate surface area is 253 Å². The molecule has 0 saturated heterocycles. The molecule has 0 fully saturated rings. The van der Waals surface area contributed by atoms with Gasteiger partial charge in [-0.25, -0.2) is 0 Å². The topological polar surface area (TPSA) is 26.1 Å². The van der Waals surface area contributed by atoms with E-state index in [1.165, 1.54) is 45.1 Å². The fraction of sp³-hybridized carbons (Fsp3) is 0.211. The molecule has 0 amide bonds. The third-order valence-corrected chi connectivity index (χ3v) is 9.64. The third kappa shape index (κ3) is 3.77. The average molecular weight is 565 g/mol. The van der Waals surface area contributed by atoms with E-state index in [0.29, 0.717) is 0 Å². The first kappa shape index (κ1) is 25.8. The summed E-state index contributed by atoms with van der Waals surface area (Å²) in [4.78, 5) is 9.80. The zero-order valence-electron chi connectivity index (χ0n) is 25.4. The van der Waals surface area contributed by atoms with Crippen molar-refractivity contribution in [2.75, 3.05) is 33.7 Å². The van der Waals surface area contributed by atoms with E-state index in [2.05, 4.69) is 152 Å². The van der Waals surface area contributed by atoms with Crippen molar-refractivity contribution in [1.29, 1.82) is 0 Å². The summed E-state index contributed by atoms with van der Waals surface area (Å²) in [7, 11) is 4.42. The number of rotatable bonds is 4. The quantitative estimate of drug-likeness (QED) is 0.213. The Balaban J connectivity index is 1.26. The number of fused-ring (bicyclic) bond motifs is 5. The molecule has 0 N–H and O–H groups in total. The predicted molar refractivity (Wildman–Crippen MR) is 181 cm³/mol. The number of hydrogen-bond donors (Lipinski definition) is 0. The molecule has 214 valence electrons. The third-order valence-electron chi connectivity index (χ3n) is 9.64. The van der Waals surface area contributed by atoms with E-state index >= 15 is 0 Å². The molecule has 2 aliphatic heterocycles. The molecule has 0 bridgehead atoms. The first-order chi connectivity index (χ1) is 20.9. The van der Waals surface area contributed by atoms with Gasteiger partial charge in [0.25, 0.3) is 0 Å². The smallest absolute Gasteiger partial charge is 0.159 e. The molecule has 0 saturated carbocycles. The molecule has 5 heteroatoms. The maximum Gasteiger partial charge on any atom is 0.159 e. The van der Waals surface area contributed by atoms with Crippen molar-refractivity contribution in [1.82, 2.24) is 0 Å². The highest BCUT2D eigenvalue weighted by atomic mass is 16.3. The number of hydrogen-bond acceptors (Lipinski definition) is 5. The summed E-state index contributed by atoms with van der Waals surface area (Å²) in [5, 5.41) is 2.31. The lowest BCUT2D eigenvalue weighted by Gasteiger charge is -2.32. The molecular formula is C38H36N4O. The Morgan fingerprint density at radius 1 is 0.605 bits per heavy atom. The van der Waals surface area contributed by atoms with Crippen LogP contribution in [-0.4, -0.2) is 26.4 Å². The van der Waals surface area contributed by atoms with Crippen LogP contribution in [0.5, 0.6) is 0 Å². The lowest BCUT2D eigenvalue weighted by molar-refractivity contribution is 0.644. The van der Waals surface area contributed by atoms with Crippen LogP contribution in [-0.2, 0) is 6.42 Å². The summed E-state index contributed by atoms with van der Waals surface area (Å²) >= 11 is 0. The Bertz CT molecular complexity index is 2030. The molecule has 3 heterocycles. The molecular weight excluding hydrogens is 528 g/mol. The molecule has 5 aromatic carbocycles. The summed E-state index contributed by atoms with van der Waals surface area (Å²) in [6.45, 7) is 6.69. The Morgan fingerprint density at radius 2 is 1.30 bits per heavy atom. The molecule has 2 atom stereocenters. The second kappa shape index (κ2) is 9.56. The number of para-hydroxylation sites is 4. The van der Waals surface area contributed by atoms with Crippen molar-refractivity contribution in [2.45, 2.75) is 39.5 Å². The van der Waals surface area contributed by atoms with Crippen molar-refractivity contribution < 1.29 is 4.42 Å². The van der Waals surface area contributed by atoms with Crippen LogP contribution in [0.4, 0.5) is 34.1 Å². The summed E-state index contributed by atoms with van der Waals surface area (Å²) < 4.78 is 6.61. The van der Waals surface area contributed by atoms with Gasteiger partial charge in [-0.15, -0.1) is 0 Å². The highest BCUT2D eigenvalue weighted by Gasteiger charge is 2.38. The molecule has 5 nitrogen and oxygen atoms in total. The van der Waals surface area contributed by atoms with E-state index in [1.54, 1.807) is 0 Å². The maximum atomic E-state index is 6.61. The summed E-state index contributed by atoms with van der Waals surface area (Å²) in [5.74, 6) is 0. The van der Waals surface area contributed by atoms with Crippen LogP contribution in [0, 0.1) is 13.8 Å². The van der Waals surface area contributed by atoms with Crippen LogP contribution in [0.15, 0.2) is 108 Å². The van der Waals surface area contributed by atoms with E-state index in [1.807, 2.05) is 6.07 Å². The van der Waals surface area contributed by atoms with E-state index in [-0.39, 0.29) is 12.3 Å². The molecule has 6 aromatic rings. The van der Waals surface area contributed by atoms with E-state index < -0.39 is 0 Å². The van der Waals surface area contributed by atoms with Gasteiger partial charge in [-0.1, -0.05) is 66.7 Å². The van der Waals surface area contributed by atoms with Gasteiger partial charge in [0.05, 0.1) is 28.4 Å². The van der Waals surface area contributed by atoms with Crippen molar-refractivity contribution in [3.63, 3.8) is 0 Å². The van der Waals surface area contributed by atoms with Crippen LogP contribution >= 0.6 is 0 Å². The second-order valence-corrected chi connectivity index (χ2v) is 12.1. The number of likely N-dealkylation sites (N-methyl/N-ethyl adjacent to an activating group) is 1. The first-order valence-corrected chi connectivity index (χ1v) is 15.1. The van der Waals surface area contributed by atoms with Crippen LogP contribution in [0.1, 0.15) is 23.6 Å². The number of nitrogens with zero attached hydrogens (tertiary/aromatic N) is 4. The van der Waals surface area contributed by atoms with Crippen LogP contribution < -0.4 is 19.6 Å². The maximum absolute atomic E-state index is 6.61. The summed E-state index contributed by atoms with van der Waals surface area (Å²) in [6, 6.07) is 37.3. The van der Waals surface area contributed by atoms with Gasteiger partial charge in [-0.2, -0.15) is 0 Å². The Kier molecular flexibility index (Phi) is 5.73. The Hall–Kier alpha value is -4.90. The number of aryl methyl sites for hydroxylation is 2. The fourth-order valence-corrected chi connectivity index (χ4v) is 7.27. The Morgan fingerprint density at radius 3 is 2.12 bits per heavy atom. The minimum atomic E-state index is 0.0800. The van der Waals surface area contributed by atoms with Crippen molar-refractivity contribution in [3.8, 4) is 0 Å². The lowest BCUT2D eigenvalue weighted by Crippen LogP contribution is -2.40. The highest BCUT2D eigenvalue weighted by Crippen LogP contribution is 2.50. The van der Waals surface area contributed by atoms with Gasteiger partial charge in [0.2, 0.25) is 0 Å². The molecule has 8 rings (SSSR count). The molecule has 0 aliphatic carbocycles. The first-order valence-electron chi connectivity index (χ1n) is 15.1. The SMILES string of the molecule is Cc1ccccc1N1c2cc(CC3N(C)c4ccccc4N3c3c(C)ccc4c3oc3ccccc34)ccc2N(C)[C@H]1C. The van der Waals surface area contributed by atoms with E-state index in [0.717, 1.165) is 34.0 Å². The molecule has 1 aromatic heterocycles. The second-order valence-electron chi connectivity index (χ2n) is 12.1. The number of anilines is 6. The number of furan rings is 1. The van der Waals surface area contributed by atoms with Gasteiger partial charge in [0.15, 0.2) is 5.58 Å². The fourth-order valence-electron chi connectivity index (χ4n) is 7.27. The summed E-state index contributed by atoms with van der Waals surface area (Å²) in [5.41, 5.74) is 13.1. The summed E-state index contributed by atoms with van der Waals surface area (Å²) in [6.07, 6.45) is 1.17. The van der Waals surface area contributed by atoms with Gasteiger partial charge in [-0.3, -0.25) is 0 Å². The van der Waals surface area contributed by atoms with Gasteiger partial charge in [-0.05, 0) is 73.9 Å². The normalized spacial score (nSPS) is 17.8. The largest absolute Gasteiger partial charge is 0.454 e. The average Bonchev–Trinajstić information content (AvgIpc) is 3.61. The standard InChI is InChI=1S/C38H36N4O/c1-24-12-6-8-14-30(24)41-26(3)39(4)32-21-19-27(22-34(32)41)23-36-40(5)31-15-9-10-16-33(31)42(36)37-25(2)18-20-29-28-13-7-11-17-35(28)43-38(29)37/h6-22,26,36H,23H2,1-5H3/t26-,36?/m1/s1. The van der Waals surface area contributed by atoms with Gasteiger partial charge in [0.1, 0.15) is 17.9 Å². The van der Waals surface area contributed by atoms with Gasteiger partial charge >= 0.3 is 0 Å². The van der Waals surface area contributed by atoms with E-state index in [4.69, 9.17) is 4.42 Å². The van der Waals surface area contributed by atoms with Crippen molar-refractivity contribution in [2.24, 2.45) is 0 Å². The molecule has 2 aliphatic rings. The van der Waals surface area contributed by atoms with Crippen LogP contribution in [0.2, 0.25) is 0 Å². The zero-order chi connectivity index (χ0) is 29.4. The zero-order valence-corrected chi connectivity index (χ0v) is 25.4. The highest BCUT2D eigenvalue weighted by molar-refractivity contribution is 6.10.